The van der Waals surface area contributed by atoms with Gasteiger partial charge in [-0.25, -0.2) is 4.39 Å². The average molecular weight is 485 g/mol. The summed E-state index contributed by atoms with van der Waals surface area (Å²) in [6.45, 7) is 6.19. The van der Waals surface area contributed by atoms with Crippen LogP contribution in [0.3, 0.4) is 0 Å². The zero-order chi connectivity index (χ0) is 23.5. The average Bonchev–Trinajstić information content (AvgIpc) is 3.44. The monoisotopic (exact) mass is 484 g/mol. The summed E-state index contributed by atoms with van der Waals surface area (Å²) in [5.41, 5.74) is 0.631. The standard InChI is InChI=1S/C26H33FN4O2S/c27-22-4-1-2-5-23(22)29-15-17-31(18-16-29)25(32)20-7-11-28(12-8-20)21-9-13-30(14-10-21)26(33)24-6-3-19-34-24/h1-6,19-21H,7-18H2. The van der Waals surface area contributed by atoms with Crippen LogP contribution in [0.5, 0.6) is 0 Å². The Kier molecular flexibility index (Phi) is 7.15. The van der Waals surface area contributed by atoms with Crippen LogP contribution in [-0.4, -0.2) is 84.9 Å². The number of piperidine rings is 2. The molecule has 0 aliphatic carbocycles. The van der Waals surface area contributed by atoms with E-state index in [4.69, 9.17) is 0 Å². The lowest BCUT2D eigenvalue weighted by atomic mass is 9.92. The van der Waals surface area contributed by atoms with Crippen LogP contribution >= 0.6 is 11.3 Å². The number of likely N-dealkylation sites (tertiary alicyclic amines) is 2. The number of hydrogen-bond acceptors (Lipinski definition) is 5. The lowest BCUT2D eigenvalue weighted by Crippen LogP contribution is -2.53. The fraction of sp³-hybridized carbons (Fsp3) is 0.538. The number of hydrogen-bond donors (Lipinski definition) is 0. The maximum atomic E-state index is 14.1. The molecule has 3 aliphatic rings. The maximum absolute atomic E-state index is 14.1. The molecular formula is C26H33FN4O2S. The van der Waals surface area contributed by atoms with Gasteiger partial charge in [0.2, 0.25) is 5.91 Å². The van der Waals surface area contributed by atoms with Gasteiger partial charge in [-0.1, -0.05) is 18.2 Å². The smallest absolute Gasteiger partial charge is 0.263 e. The molecule has 0 bridgehead atoms. The van der Waals surface area contributed by atoms with E-state index in [0.29, 0.717) is 37.9 Å². The van der Waals surface area contributed by atoms with Crippen LogP contribution in [0, 0.1) is 11.7 Å². The topological polar surface area (TPSA) is 47.1 Å². The van der Waals surface area contributed by atoms with Crippen LogP contribution in [-0.2, 0) is 4.79 Å². The predicted molar refractivity (Wildman–Crippen MR) is 133 cm³/mol. The van der Waals surface area contributed by atoms with Gasteiger partial charge in [-0.2, -0.15) is 0 Å². The quantitative estimate of drug-likeness (QED) is 0.666. The van der Waals surface area contributed by atoms with Crippen LogP contribution in [0.4, 0.5) is 10.1 Å². The third kappa shape index (κ3) is 4.98. The molecule has 0 unspecified atom stereocenters. The van der Waals surface area contributed by atoms with E-state index in [1.165, 1.54) is 17.4 Å². The molecule has 2 aromatic rings. The van der Waals surface area contributed by atoms with Gasteiger partial charge in [-0.3, -0.25) is 9.59 Å². The third-order valence-electron chi connectivity index (χ3n) is 7.66. The summed E-state index contributed by atoms with van der Waals surface area (Å²) < 4.78 is 14.1. The molecule has 3 saturated heterocycles. The van der Waals surface area contributed by atoms with Crippen molar-refractivity contribution < 1.29 is 14.0 Å². The summed E-state index contributed by atoms with van der Waals surface area (Å²) in [5.74, 6) is 0.324. The van der Waals surface area contributed by atoms with Gasteiger partial charge in [0, 0.05) is 51.2 Å². The minimum Gasteiger partial charge on any atom is -0.366 e. The van der Waals surface area contributed by atoms with Gasteiger partial charge < -0.3 is 19.6 Å². The van der Waals surface area contributed by atoms with Crippen molar-refractivity contribution in [1.82, 2.24) is 14.7 Å². The van der Waals surface area contributed by atoms with E-state index in [0.717, 1.165) is 56.7 Å². The number of piperazine rings is 1. The zero-order valence-electron chi connectivity index (χ0n) is 19.6. The fourth-order valence-electron chi connectivity index (χ4n) is 5.64. The maximum Gasteiger partial charge on any atom is 0.263 e. The number of benzene rings is 1. The molecule has 34 heavy (non-hydrogen) atoms. The van der Waals surface area contributed by atoms with Crippen LogP contribution < -0.4 is 4.90 Å². The summed E-state index contributed by atoms with van der Waals surface area (Å²) in [6, 6.07) is 11.2. The van der Waals surface area contributed by atoms with Crippen molar-refractivity contribution in [2.75, 3.05) is 57.3 Å². The second-order valence-corrected chi connectivity index (χ2v) is 10.5. The number of anilines is 1. The highest BCUT2D eigenvalue weighted by molar-refractivity contribution is 7.12. The van der Waals surface area contributed by atoms with E-state index in [-0.39, 0.29) is 23.5 Å². The largest absolute Gasteiger partial charge is 0.366 e. The van der Waals surface area contributed by atoms with Crippen LogP contribution in [0.25, 0.3) is 0 Å². The van der Waals surface area contributed by atoms with E-state index >= 15 is 0 Å². The second-order valence-electron chi connectivity index (χ2n) is 9.57. The first-order valence-electron chi connectivity index (χ1n) is 12.5. The Morgan fingerprint density at radius 1 is 0.794 bits per heavy atom. The van der Waals surface area contributed by atoms with Crippen LogP contribution in [0.2, 0.25) is 0 Å². The molecule has 3 aliphatic heterocycles. The number of halogens is 1. The number of carbonyl (C=O) groups excluding carboxylic acids is 2. The molecule has 1 aromatic carbocycles. The van der Waals surface area contributed by atoms with Gasteiger partial charge in [-0.15, -0.1) is 11.3 Å². The molecule has 8 heteroatoms. The fourth-order valence-corrected chi connectivity index (χ4v) is 6.33. The number of rotatable bonds is 4. The highest BCUT2D eigenvalue weighted by Gasteiger charge is 2.34. The molecule has 0 N–H and O–H groups in total. The molecule has 3 fully saturated rings. The molecule has 182 valence electrons. The Morgan fingerprint density at radius 2 is 1.50 bits per heavy atom. The lowest BCUT2D eigenvalue weighted by molar-refractivity contribution is -0.137. The minimum atomic E-state index is -0.198. The van der Waals surface area contributed by atoms with Gasteiger partial charge >= 0.3 is 0 Å². The number of carbonyl (C=O) groups is 2. The van der Waals surface area contributed by atoms with E-state index in [9.17, 15) is 14.0 Å². The summed E-state index contributed by atoms with van der Waals surface area (Å²) in [7, 11) is 0. The predicted octanol–water partition coefficient (Wildman–Crippen LogP) is 3.55. The summed E-state index contributed by atoms with van der Waals surface area (Å²) in [6.07, 6.45) is 3.82. The molecule has 5 rings (SSSR count). The van der Waals surface area contributed by atoms with E-state index in [2.05, 4.69) is 4.90 Å². The molecule has 4 heterocycles. The van der Waals surface area contributed by atoms with Crippen molar-refractivity contribution in [1.29, 1.82) is 0 Å². The van der Waals surface area contributed by atoms with E-state index in [1.807, 2.05) is 44.3 Å². The molecule has 0 radical (unpaired) electrons. The highest BCUT2D eigenvalue weighted by Crippen LogP contribution is 2.27. The van der Waals surface area contributed by atoms with Gasteiger partial charge in [0.15, 0.2) is 0 Å². The van der Waals surface area contributed by atoms with Crippen molar-refractivity contribution >= 4 is 28.8 Å². The Labute approximate surface area is 204 Å². The lowest BCUT2D eigenvalue weighted by Gasteiger charge is -2.43. The summed E-state index contributed by atoms with van der Waals surface area (Å²) in [5, 5.41) is 1.95. The Balaban J connectivity index is 1.06. The summed E-state index contributed by atoms with van der Waals surface area (Å²) >= 11 is 1.51. The van der Waals surface area contributed by atoms with Crippen molar-refractivity contribution in [2.24, 2.45) is 5.92 Å². The van der Waals surface area contributed by atoms with Crippen LogP contribution in [0.1, 0.15) is 35.4 Å². The van der Waals surface area contributed by atoms with Gasteiger partial charge in [-0.05, 0) is 62.4 Å². The Hall–Kier alpha value is -2.45. The first-order chi connectivity index (χ1) is 16.6. The summed E-state index contributed by atoms with van der Waals surface area (Å²) in [4.78, 5) is 35.1. The van der Waals surface area contributed by atoms with Crippen molar-refractivity contribution in [3.63, 3.8) is 0 Å². The molecule has 0 atom stereocenters. The van der Waals surface area contributed by atoms with E-state index in [1.54, 1.807) is 6.07 Å². The molecular weight excluding hydrogens is 451 g/mol. The number of thiophene rings is 1. The van der Waals surface area contributed by atoms with Gasteiger partial charge in [0.25, 0.3) is 5.91 Å². The highest BCUT2D eigenvalue weighted by atomic mass is 32.1. The Morgan fingerprint density at radius 3 is 2.15 bits per heavy atom. The number of nitrogens with zero attached hydrogens (tertiary/aromatic N) is 4. The normalized spacial score (nSPS) is 21.1. The third-order valence-corrected chi connectivity index (χ3v) is 8.52. The molecule has 6 nitrogen and oxygen atoms in total. The molecule has 0 saturated carbocycles. The van der Waals surface area contributed by atoms with Gasteiger partial charge in [0.05, 0.1) is 10.6 Å². The van der Waals surface area contributed by atoms with E-state index < -0.39 is 0 Å². The number of amides is 2. The second kappa shape index (κ2) is 10.4. The Bertz CT molecular complexity index is 976. The first kappa shape index (κ1) is 23.3. The molecule has 2 amide bonds. The molecule has 0 spiro atoms. The first-order valence-corrected chi connectivity index (χ1v) is 13.3. The molecule has 1 aromatic heterocycles. The number of para-hydroxylation sites is 1. The van der Waals surface area contributed by atoms with Crippen LogP contribution in [0.15, 0.2) is 41.8 Å². The minimum absolute atomic E-state index is 0.0942. The van der Waals surface area contributed by atoms with Crippen molar-refractivity contribution in [3.05, 3.63) is 52.5 Å². The SMILES string of the molecule is O=C(c1cccs1)N1CCC(N2CCC(C(=O)N3CCN(c4ccccc4F)CC3)CC2)CC1. The zero-order valence-corrected chi connectivity index (χ0v) is 20.4. The van der Waals surface area contributed by atoms with Crippen molar-refractivity contribution in [3.8, 4) is 0 Å². The van der Waals surface area contributed by atoms with Gasteiger partial charge in [0.1, 0.15) is 5.82 Å². The van der Waals surface area contributed by atoms with Crippen molar-refractivity contribution in [2.45, 2.75) is 31.7 Å².